The van der Waals surface area contributed by atoms with E-state index in [1.54, 1.807) is 21.3 Å². The first kappa shape index (κ1) is 20.8. The highest BCUT2D eigenvalue weighted by molar-refractivity contribution is 5.80. The molecule has 0 bridgehead atoms. The molecular formula is C21H31N5O3. The first-order valence-corrected chi connectivity index (χ1v) is 9.83. The standard InChI is InChI=1S/C21H31N5O3/c1-22-21(26-11-9-16(14-26)17-12-24-25(2)13-17)23-10-8-15-6-7-18(27-3)20(29-5)19(15)28-4/h6-7,12-13,16H,8-11,14H2,1-5H3,(H,22,23). The van der Waals surface area contributed by atoms with Crippen molar-refractivity contribution in [2.75, 3.05) is 48.0 Å². The molecule has 2 heterocycles. The van der Waals surface area contributed by atoms with Gasteiger partial charge in [0.15, 0.2) is 17.5 Å². The SMILES string of the molecule is CN=C(NCCc1ccc(OC)c(OC)c1OC)N1CCC(c2cnn(C)c2)C1. The highest BCUT2D eigenvalue weighted by Gasteiger charge is 2.27. The van der Waals surface area contributed by atoms with E-state index in [9.17, 15) is 0 Å². The van der Waals surface area contributed by atoms with Crippen LogP contribution in [0, 0.1) is 0 Å². The van der Waals surface area contributed by atoms with E-state index in [0.29, 0.717) is 23.2 Å². The Morgan fingerprint density at radius 1 is 1.21 bits per heavy atom. The normalized spacial score (nSPS) is 16.8. The first-order chi connectivity index (χ1) is 14.1. The van der Waals surface area contributed by atoms with Gasteiger partial charge in [-0.15, -0.1) is 0 Å². The van der Waals surface area contributed by atoms with Crippen molar-refractivity contribution < 1.29 is 14.2 Å². The number of nitrogens with zero attached hydrogens (tertiary/aromatic N) is 4. The van der Waals surface area contributed by atoms with Crippen LogP contribution in [-0.4, -0.2) is 68.7 Å². The van der Waals surface area contributed by atoms with Crippen LogP contribution < -0.4 is 19.5 Å². The zero-order valence-corrected chi connectivity index (χ0v) is 17.9. The van der Waals surface area contributed by atoms with E-state index in [0.717, 1.165) is 44.0 Å². The van der Waals surface area contributed by atoms with Gasteiger partial charge < -0.3 is 24.4 Å². The molecule has 1 N–H and O–H groups in total. The monoisotopic (exact) mass is 401 g/mol. The summed E-state index contributed by atoms with van der Waals surface area (Å²) in [7, 11) is 8.68. The van der Waals surface area contributed by atoms with Crippen LogP contribution in [0.15, 0.2) is 29.5 Å². The number of rotatable bonds is 7. The summed E-state index contributed by atoms with van der Waals surface area (Å²) >= 11 is 0. The number of aliphatic imine (C=N–C) groups is 1. The van der Waals surface area contributed by atoms with Crippen LogP contribution in [-0.2, 0) is 13.5 Å². The third kappa shape index (κ3) is 4.58. The van der Waals surface area contributed by atoms with E-state index in [-0.39, 0.29) is 0 Å². The van der Waals surface area contributed by atoms with Crippen LogP contribution in [0.5, 0.6) is 17.2 Å². The summed E-state index contributed by atoms with van der Waals surface area (Å²) in [6.07, 6.45) is 5.96. The zero-order chi connectivity index (χ0) is 20.8. The molecular weight excluding hydrogens is 370 g/mol. The summed E-state index contributed by atoms with van der Waals surface area (Å²) in [5.41, 5.74) is 2.35. The van der Waals surface area contributed by atoms with Crippen LogP contribution in [0.1, 0.15) is 23.5 Å². The van der Waals surface area contributed by atoms with E-state index in [2.05, 4.69) is 26.5 Å². The molecule has 1 fully saturated rings. The summed E-state index contributed by atoms with van der Waals surface area (Å²) in [6.45, 7) is 2.68. The largest absolute Gasteiger partial charge is 0.493 e. The lowest BCUT2D eigenvalue weighted by atomic mass is 10.0. The van der Waals surface area contributed by atoms with Crippen molar-refractivity contribution >= 4 is 5.96 Å². The number of methoxy groups -OCH3 is 3. The van der Waals surface area contributed by atoms with Crippen molar-refractivity contribution in [2.24, 2.45) is 12.0 Å². The molecule has 1 aliphatic heterocycles. The van der Waals surface area contributed by atoms with Gasteiger partial charge in [-0.05, 0) is 24.5 Å². The third-order valence-corrected chi connectivity index (χ3v) is 5.36. The lowest BCUT2D eigenvalue weighted by molar-refractivity contribution is 0.322. The summed E-state index contributed by atoms with van der Waals surface area (Å²) < 4.78 is 18.3. The van der Waals surface area contributed by atoms with Crippen LogP contribution in [0.4, 0.5) is 0 Å². The minimum atomic E-state index is 0.494. The average Bonchev–Trinajstić information content (AvgIpc) is 3.39. The van der Waals surface area contributed by atoms with Gasteiger partial charge in [0, 0.05) is 51.4 Å². The third-order valence-electron chi connectivity index (χ3n) is 5.36. The van der Waals surface area contributed by atoms with Crippen molar-refractivity contribution in [2.45, 2.75) is 18.8 Å². The van der Waals surface area contributed by atoms with Gasteiger partial charge in [0.25, 0.3) is 0 Å². The van der Waals surface area contributed by atoms with E-state index >= 15 is 0 Å². The van der Waals surface area contributed by atoms with Crippen molar-refractivity contribution in [1.82, 2.24) is 20.0 Å². The number of benzene rings is 1. The van der Waals surface area contributed by atoms with Gasteiger partial charge in [-0.25, -0.2) is 0 Å². The molecule has 1 unspecified atom stereocenters. The predicted octanol–water partition coefficient (Wildman–Crippen LogP) is 2.05. The molecule has 1 saturated heterocycles. The molecule has 158 valence electrons. The molecule has 1 aliphatic rings. The Kier molecular flexibility index (Phi) is 6.85. The Morgan fingerprint density at radius 2 is 2.00 bits per heavy atom. The maximum absolute atomic E-state index is 5.58. The van der Waals surface area contributed by atoms with Gasteiger partial charge in [-0.3, -0.25) is 9.67 Å². The second-order valence-electron chi connectivity index (χ2n) is 7.10. The molecule has 0 saturated carbocycles. The van der Waals surface area contributed by atoms with Gasteiger partial charge in [-0.1, -0.05) is 6.07 Å². The fourth-order valence-electron chi connectivity index (χ4n) is 3.88. The van der Waals surface area contributed by atoms with E-state index < -0.39 is 0 Å². The second-order valence-corrected chi connectivity index (χ2v) is 7.10. The summed E-state index contributed by atoms with van der Waals surface area (Å²) in [5.74, 6) is 3.41. The fraction of sp³-hybridized carbons (Fsp3) is 0.524. The second kappa shape index (κ2) is 9.54. The number of aryl methyl sites for hydroxylation is 1. The van der Waals surface area contributed by atoms with Gasteiger partial charge >= 0.3 is 0 Å². The highest BCUT2D eigenvalue weighted by Crippen LogP contribution is 2.39. The van der Waals surface area contributed by atoms with Crippen molar-refractivity contribution in [3.05, 3.63) is 35.7 Å². The number of likely N-dealkylation sites (tertiary alicyclic amines) is 1. The number of ether oxygens (including phenoxy) is 3. The Labute approximate surface area is 172 Å². The number of nitrogens with one attached hydrogen (secondary N) is 1. The van der Waals surface area contributed by atoms with Crippen LogP contribution in [0.2, 0.25) is 0 Å². The molecule has 0 amide bonds. The summed E-state index contributed by atoms with van der Waals surface area (Å²) in [6, 6.07) is 3.92. The minimum Gasteiger partial charge on any atom is -0.493 e. The van der Waals surface area contributed by atoms with E-state index in [4.69, 9.17) is 14.2 Å². The molecule has 1 aromatic carbocycles. The lowest BCUT2D eigenvalue weighted by Gasteiger charge is -2.22. The fourth-order valence-corrected chi connectivity index (χ4v) is 3.88. The lowest BCUT2D eigenvalue weighted by Crippen LogP contribution is -2.40. The maximum Gasteiger partial charge on any atom is 0.203 e. The first-order valence-electron chi connectivity index (χ1n) is 9.83. The predicted molar refractivity (Wildman–Crippen MR) is 113 cm³/mol. The molecule has 8 nitrogen and oxygen atoms in total. The quantitative estimate of drug-likeness (QED) is 0.566. The summed E-state index contributed by atoms with van der Waals surface area (Å²) in [5, 5.41) is 7.78. The number of hydrogen-bond acceptors (Lipinski definition) is 5. The molecule has 1 atom stereocenters. The van der Waals surface area contributed by atoms with Crippen LogP contribution >= 0.6 is 0 Å². The van der Waals surface area contributed by atoms with Crippen LogP contribution in [0.3, 0.4) is 0 Å². The molecule has 8 heteroatoms. The average molecular weight is 402 g/mol. The van der Waals surface area contributed by atoms with Crippen molar-refractivity contribution in [1.29, 1.82) is 0 Å². The molecule has 0 aliphatic carbocycles. The molecule has 1 aromatic heterocycles. The minimum absolute atomic E-state index is 0.494. The Hall–Kier alpha value is -2.90. The van der Waals surface area contributed by atoms with Gasteiger partial charge in [-0.2, -0.15) is 5.10 Å². The Morgan fingerprint density at radius 3 is 2.62 bits per heavy atom. The van der Waals surface area contributed by atoms with E-state index in [1.165, 1.54) is 5.56 Å². The topological polar surface area (TPSA) is 73.1 Å². The molecule has 29 heavy (non-hydrogen) atoms. The number of hydrogen-bond donors (Lipinski definition) is 1. The van der Waals surface area contributed by atoms with Gasteiger partial charge in [0.1, 0.15) is 0 Å². The van der Waals surface area contributed by atoms with Crippen molar-refractivity contribution in [3.63, 3.8) is 0 Å². The Bertz CT molecular complexity index is 849. The molecule has 0 radical (unpaired) electrons. The van der Waals surface area contributed by atoms with Gasteiger partial charge in [0.05, 0.1) is 27.5 Å². The number of aromatic nitrogens is 2. The molecule has 0 spiro atoms. The smallest absolute Gasteiger partial charge is 0.203 e. The number of guanidine groups is 1. The highest BCUT2D eigenvalue weighted by atomic mass is 16.5. The molecule has 3 rings (SSSR count). The van der Waals surface area contributed by atoms with Gasteiger partial charge in [0.2, 0.25) is 5.75 Å². The van der Waals surface area contributed by atoms with E-state index in [1.807, 2.05) is 37.1 Å². The zero-order valence-electron chi connectivity index (χ0n) is 17.9. The maximum atomic E-state index is 5.58. The van der Waals surface area contributed by atoms with Crippen molar-refractivity contribution in [3.8, 4) is 17.2 Å². The Balaban J connectivity index is 1.59. The summed E-state index contributed by atoms with van der Waals surface area (Å²) in [4.78, 5) is 6.78. The van der Waals surface area contributed by atoms with Crippen LogP contribution in [0.25, 0.3) is 0 Å². The molecule has 2 aromatic rings.